The molecule has 1 aromatic rings. The minimum atomic E-state index is -0.541. The van der Waals surface area contributed by atoms with Crippen molar-refractivity contribution in [1.29, 1.82) is 0 Å². The number of hydrogen-bond donors (Lipinski definition) is 2. The molecule has 5 nitrogen and oxygen atoms in total. The minimum Gasteiger partial charge on any atom is -0.345 e. The second kappa shape index (κ2) is 5.69. The quantitative estimate of drug-likeness (QED) is 0.821. The number of piperidine rings is 1. The molecule has 3 rings (SSSR count). The molecule has 1 aromatic carbocycles. The van der Waals surface area contributed by atoms with E-state index in [9.17, 15) is 4.79 Å². The average molecular weight is 296 g/mol. The molecular weight excluding hydrogens is 278 g/mol. The van der Waals surface area contributed by atoms with Crippen molar-refractivity contribution < 1.29 is 9.53 Å². The minimum absolute atomic E-state index is 0.0459. The van der Waals surface area contributed by atoms with E-state index in [1.54, 1.807) is 11.0 Å². The van der Waals surface area contributed by atoms with Crippen LogP contribution in [-0.2, 0) is 9.53 Å². The van der Waals surface area contributed by atoms with Gasteiger partial charge in [-0.25, -0.2) is 0 Å². The molecule has 1 amide bonds. The van der Waals surface area contributed by atoms with Gasteiger partial charge in [0.05, 0.1) is 17.4 Å². The topological polar surface area (TPSA) is 53.6 Å². The van der Waals surface area contributed by atoms with Gasteiger partial charge >= 0.3 is 0 Å². The molecule has 108 valence electrons. The molecule has 1 spiro atoms. The molecule has 0 atom stereocenters. The Bertz CT molecular complexity index is 503. The summed E-state index contributed by atoms with van der Waals surface area (Å²) in [6, 6.07) is 7.37. The largest absolute Gasteiger partial charge is 0.345 e. The molecule has 0 radical (unpaired) electrons. The number of carbonyl (C=O) groups is 1. The summed E-state index contributed by atoms with van der Waals surface area (Å²) in [7, 11) is 0. The summed E-state index contributed by atoms with van der Waals surface area (Å²) in [5, 5.41) is 7.12. The SMILES string of the molecule is O=C1N(c2ccccc2Cl)COCNC12CCNCC2. The van der Waals surface area contributed by atoms with Gasteiger partial charge in [-0.15, -0.1) is 0 Å². The molecule has 2 saturated heterocycles. The Kier molecular flexibility index (Phi) is 3.94. The zero-order valence-corrected chi connectivity index (χ0v) is 11.9. The van der Waals surface area contributed by atoms with Crippen molar-refractivity contribution in [2.45, 2.75) is 18.4 Å². The zero-order valence-electron chi connectivity index (χ0n) is 11.2. The normalized spacial score (nSPS) is 22.9. The van der Waals surface area contributed by atoms with Crippen molar-refractivity contribution in [3.63, 3.8) is 0 Å². The van der Waals surface area contributed by atoms with E-state index >= 15 is 0 Å². The first-order chi connectivity index (χ1) is 9.73. The van der Waals surface area contributed by atoms with E-state index in [1.807, 2.05) is 18.2 Å². The number of halogens is 1. The molecule has 6 heteroatoms. The Morgan fingerprint density at radius 2 is 2.00 bits per heavy atom. The summed E-state index contributed by atoms with van der Waals surface area (Å²) in [5.74, 6) is 0.0459. The maximum absolute atomic E-state index is 13.0. The number of para-hydroxylation sites is 1. The number of anilines is 1. The van der Waals surface area contributed by atoms with E-state index in [0.29, 0.717) is 17.4 Å². The highest BCUT2D eigenvalue weighted by molar-refractivity contribution is 6.33. The fourth-order valence-electron chi connectivity index (χ4n) is 2.81. The molecule has 0 aliphatic carbocycles. The molecule has 0 unspecified atom stereocenters. The summed E-state index contributed by atoms with van der Waals surface area (Å²) in [4.78, 5) is 14.6. The monoisotopic (exact) mass is 295 g/mol. The molecular formula is C14H18ClN3O2. The number of benzene rings is 1. The molecule has 2 N–H and O–H groups in total. The van der Waals surface area contributed by atoms with Crippen molar-refractivity contribution >= 4 is 23.2 Å². The van der Waals surface area contributed by atoms with E-state index < -0.39 is 5.54 Å². The van der Waals surface area contributed by atoms with Crippen molar-refractivity contribution in [1.82, 2.24) is 10.6 Å². The maximum atomic E-state index is 13.0. The van der Waals surface area contributed by atoms with Gasteiger partial charge in [-0.1, -0.05) is 23.7 Å². The van der Waals surface area contributed by atoms with E-state index in [1.165, 1.54) is 0 Å². The zero-order chi connectivity index (χ0) is 14.0. The van der Waals surface area contributed by atoms with Crippen LogP contribution in [0.2, 0.25) is 5.02 Å². The van der Waals surface area contributed by atoms with Crippen LogP contribution in [0.15, 0.2) is 24.3 Å². The van der Waals surface area contributed by atoms with Crippen molar-refractivity contribution in [3.05, 3.63) is 29.3 Å². The molecule has 2 fully saturated rings. The molecule has 2 aliphatic rings. The summed E-state index contributed by atoms with van der Waals surface area (Å²) < 4.78 is 5.53. The first kappa shape index (κ1) is 13.8. The number of rotatable bonds is 1. The van der Waals surface area contributed by atoms with Gasteiger partial charge < -0.3 is 10.1 Å². The predicted octanol–water partition coefficient (Wildman–Crippen LogP) is 1.33. The van der Waals surface area contributed by atoms with Gasteiger partial charge in [0.1, 0.15) is 12.3 Å². The summed E-state index contributed by atoms with van der Waals surface area (Å²) in [6.07, 6.45) is 1.52. The summed E-state index contributed by atoms with van der Waals surface area (Å²) >= 11 is 6.22. The Labute approximate surface area is 123 Å². The van der Waals surface area contributed by atoms with Gasteiger partial charge in [-0.05, 0) is 38.1 Å². The third-order valence-corrected chi connectivity index (χ3v) is 4.31. The highest BCUT2D eigenvalue weighted by atomic mass is 35.5. The van der Waals surface area contributed by atoms with Crippen LogP contribution >= 0.6 is 11.6 Å². The number of hydrogen-bond acceptors (Lipinski definition) is 4. The number of carbonyl (C=O) groups excluding carboxylic acids is 1. The van der Waals surface area contributed by atoms with E-state index in [-0.39, 0.29) is 12.6 Å². The van der Waals surface area contributed by atoms with Crippen LogP contribution in [0.3, 0.4) is 0 Å². The van der Waals surface area contributed by atoms with Gasteiger partial charge in [-0.3, -0.25) is 15.0 Å². The van der Waals surface area contributed by atoms with Crippen LogP contribution in [0.4, 0.5) is 5.69 Å². The fraction of sp³-hybridized carbons (Fsp3) is 0.500. The molecule has 2 aliphatic heterocycles. The van der Waals surface area contributed by atoms with Crippen molar-refractivity contribution in [2.24, 2.45) is 0 Å². The lowest BCUT2D eigenvalue weighted by Crippen LogP contribution is -2.60. The second-order valence-corrected chi connectivity index (χ2v) is 5.58. The standard InChI is InChI=1S/C14H18ClN3O2/c15-11-3-1-2-4-12(11)18-10-20-9-17-14(13(18)19)5-7-16-8-6-14/h1-4,16-17H,5-10H2. The molecule has 20 heavy (non-hydrogen) atoms. The van der Waals surface area contributed by atoms with Gasteiger partial charge in [0.2, 0.25) is 5.91 Å². The Morgan fingerprint density at radius 1 is 1.25 bits per heavy atom. The first-order valence-corrected chi connectivity index (χ1v) is 7.21. The second-order valence-electron chi connectivity index (χ2n) is 5.17. The highest BCUT2D eigenvalue weighted by Crippen LogP contribution is 2.31. The maximum Gasteiger partial charge on any atom is 0.249 e. The Morgan fingerprint density at radius 3 is 2.75 bits per heavy atom. The number of nitrogens with zero attached hydrogens (tertiary/aromatic N) is 1. The third-order valence-electron chi connectivity index (χ3n) is 3.99. The molecule has 0 bridgehead atoms. The van der Waals surface area contributed by atoms with Crippen LogP contribution in [0.1, 0.15) is 12.8 Å². The van der Waals surface area contributed by atoms with E-state index in [0.717, 1.165) is 25.9 Å². The average Bonchev–Trinajstić information content (AvgIpc) is 2.62. The number of nitrogens with one attached hydrogen (secondary N) is 2. The Hall–Kier alpha value is -1.14. The Balaban J connectivity index is 1.94. The van der Waals surface area contributed by atoms with Crippen molar-refractivity contribution in [2.75, 3.05) is 31.5 Å². The summed E-state index contributed by atoms with van der Waals surface area (Å²) in [5.41, 5.74) is 0.168. The lowest BCUT2D eigenvalue weighted by atomic mass is 9.87. The van der Waals surface area contributed by atoms with Gasteiger partial charge in [-0.2, -0.15) is 0 Å². The highest BCUT2D eigenvalue weighted by Gasteiger charge is 2.44. The smallest absolute Gasteiger partial charge is 0.249 e. The summed E-state index contributed by atoms with van der Waals surface area (Å²) in [6.45, 7) is 2.27. The van der Waals surface area contributed by atoms with E-state index in [2.05, 4.69) is 10.6 Å². The lowest BCUT2D eigenvalue weighted by Gasteiger charge is -2.37. The first-order valence-electron chi connectivity index (χ1n) is 6.83. The molecule has 2 heterocycles. The number of ether oxygens (including phenoxy) is 1. The number of amides is 1. The van der Waals surface area contributed by atoms with Crippen LogP contribution in [-0.4, -0.2) is 38.0 Å². The third kappa shape index (κ3) is 2.42. The molecule has 0 aromatic heterocycles. The van der Waals surface area contributed by atoms with Gasteiger partial charge in [0, 0.05) is 0 Å². The van der Waals surface area contributed by atoms with Crippen LogP contribution < -0.4 is 15.5 Å². The van der Waals surface area contributed by atoms with Gasteiger partial charge in [0.25, 0.3) is 0 Å². The lowest BCUT2D eigenvalue weighted by molar-refractivity contribution is -0.125. The van der Waals surface area contributed by atoms with Gasteiger partial charge in [0.15, 0.2) is 0 Å². The fourth-order valence-corrected chi connectivity index (χ4v) is 3.05. The predicted molar refractivity (Wildman–Crippen MR) is 77.7 cm³/mol. The van der Waals surface area contributed by atoms with Crippen molar-refractivity contribution in [3.8, 4) is 0 Å². The van der Waals surface area contributed by atoms with Crippen LogP contribution in [0.5, 0.6) is 0 Å². The van der Waals surface area contributed by atoms with Crippen LogP contribution in [0.25, 0.3) is 0 Å². The molecule has 0 saturated carbocycles. The van der Waals surface area contributed by atoms with E-state index in [4.69, 9.17) is 16.3 Å². The van der Waals surface area contributed by atoms with Crippen LogP contribution in [0, 0.1) is 0 Å².